The van der Waals surface area contributed by atoms with Crippen LogP contribution < -0.4 is 0 Å². The number of Topliss-reactive ketones (excluding diaryl/α,β-unsaturated/α-hetero) is 1. The van der Waals surface area contributed by atoms with E-state index < -0.39 is 17.5 Å². The molecule has 54 valence electrons. The van der Waals surface area contributed by atoms with Gasteiger partial charge in [0.1, 0.15) is 6.10 Å². The summed E-state index contributed by atoms with van der Waals surface area (Å²) in [4.78, 5) is 10.3. The van der Waals surface area contributed by atoms with Gasteiger partial charge in [0.15, 0.2) is 5.78 Å². The van der Waals surface area contributed by atoms with Gasteiger partial charge >= 0.3 is 11.4 Å². The van der Waals surface area contributed by atoms with Crippen molar-refractivity contribution < 1.29 is 17.7 Å². The Morgan fingerprint density at radius 1 is 1.78 bits per heavy atom. The number of ketones is 1. The Kier molecular flexibility index (Phi) is 3.60. The molecule has 0 rings (SSSR count). The van der Waals surface area contributed by atoms with Gasteiger partial charge in [-0.05, 0) is 13.8 Å². The SMILES string of the molecule is CC(=O)C(C)OS(=O)O. The van der Waals surface area contributed by atoms with E-state index in [0.717, 1.165) is 0 Å². The van der Waals surface area contributed by atoms with Crippen molar-refractivity contribution in [2.75, 3.05) is 0 Å². The van der Waals surface area contributed by atoms with Crippen LogP contribution in [0.5, 0.6) is 0 Å². The Hall–Kier alpha value is -0.260. The minimum absolute atomic E-state index is 0.266. The van der Waals surface area contributed by atoms with E-state index in [4.69, 9.17) is 4.55 Å². The Morgan fingerprint density at radius 2 is 2.22 bits per heavy atom. The summed E-state index contributed by atoms with van der Waals surface area (Å²) in [5, 5.41) is 0. The fourth-order valence-corrected chi connectivity index (χ4v) is 0.574. The zero-order valence-electron chi connectivity index (χ0n) is 5.16. The van der Waals surface area contributed by atoms with Crippen molar-refractivity contribution >= 4 is 17.1 Å². The molecular formula is C4H8O4S. The van der Waals surface area contributed by atoms with Gasteiger partial charge in [-0.2, -0.15) is 4.21 Å². The molecule has 5 heteroatoms. The van der Waals surface area contributed by atoms with Crippen LogP contribution in [0.3, 0.4) is 0 Å². The molecule has 0 aromatic heterocycles. The van der Waals surface area contributed by atoms with Crippen LogP contribution in [0.25, 0.3) is 0 Å². The maximum Gasteiger partial charge on any atom is 0.302 e. The number of carbonyl (C=O) groups excluding carboxylic acids is 1. The van der Waals surface area contributed by atoms with Crippen molar-refractivity contribution in [1.29, 1.82) is 0 Å². The van der Waals surface area contributed by atoms with Gasteiger partial charge in [-0.25, -0.2) is 0 Å². The molecule has 0 aliphatic rings. The topological polar surface area (TPSA) is 63.6 Å². The van der Waals surface area contributed by atoms with E-state index in [1.165, 1.54) is 13.8 Å². The van der Waals surface area contributed by atoms with Crippen LogP contribution in [0.15, 0.2) is 0 Å². The lowest BCUT2D eigenvalue weighted by Crippen LogP contribution is -2.18. The minimum Gasteiger partial charge on any atom is -0.297 e. The average molecular weight is 152 g/mol. The van der Waals surface area contributed by atoms with Crippen LogP contribution in [0, 0.1) is 0 Å². The summed E-state index contributed by atoms with van der Waals surface area (Å²) in [5.74, 6) is -0.266. The molecule has 0 bridgehead atoms. The first kappa shape index (κ1) is 8.74. The summed E-state index contributed by atoms with van der Waals surface area (Å²) >= 11 is -2.34. The van der Waals surface area contributed by atoms with Crippen molar-refractivity contribution in [3.63, 3.8) is 0 Å². The number of rotatable bonds is 3. The minimum atomic E-state index is -2.34. The van der Waals surface area contributed by atoms with Crippen LogP contribution in [-0.2, 0) is 20.3 Å². The van der Waals surface area contributed by atoms with Crippen molar-refractivity contribution in [1.82, 2.24) is 0 Å². The van der Waals surface area contributed by atoms with Crippen LogP contribution >= 0.6 is 0 Å². The first-order valence-corrected chi connectivity index (χ1v) is 3.35. The van der Waals surface area contributed by atoms with Crippen LogP contribution in [0.2, 0.25) is 0 Å². The van der Waals surface area contributed by atoms with E-state index in [1.807, 2.05) is 0 Å². The second-order valence-corrected chi connectivity index (χ2v) is 2.19. The summed E-state index contributed by atoms with van der Waals surface area (Å²) in [7, 11) is 0. The molecule has 1 N–H and O–H groups in total. The Bertz CT molecular complexity index is 133. The number of hydrogen-bond donors (Lipinski definition) is 1. The highest BCUT2D eigenvalue weighted by Gasteiger charge is 2.09. The predicted octanol–water partition coefficient (Wildman–Crippen LogP) is 0.117. The van der Waals surface area contributed by atoms with E-state index in [-0.39, 0.29) is 5.78 Å². The molecule has 0 aromatic carbocycles. The first-order valence-electron chi connectivity index (χ1n) is 2.32. The van der Waals surface area contributed by atoms with Gasteiger partial charge in [0.25, 0.3) is 0 Å². The molecule has 9 heavy (non-hydrogen) atoms. The van der Waals surface area contributed by atoms with Crippen LogP contribution in [0.4, 0.5) is 0 Å². The highest BCUT2D eigenvalue weighted by molar-refractivity contribution is 7.74. The summed E-state index contributed by atoms with van der Waals surface area (Å²) in [6.07, 6.45) is -0.796. The first-order chi connectivity index (χ1) is 4.04. The van der Waals surface area contributed by atoms with Gasteiger partial charge < -0.3 is 0 Å². The van der Waals surface area contributed by atoms with Crippen molar-refractivity contribution in [2.24, 2.45) is 0 Å². The molecule has 4 nitrogen and oxygen atoms in total. The summed E-state index contributed by atoms with van der Waals surface area (Å²) in [6.45, 7) is 2.70. The molecule has 0 heterocycles. The highest BCUT2D eigenvalue weighted by atomic mass is 32.2. The zero-order valence-corrected chi connectivity index (χ0v) is 5.97. The standard InChI is InChI=1S/C4H8O4S/c1-3(5)4(2)8-9(6)7/h4H,1-2H3,(H,6,7). The molecule has 0 aromatic rings. The molecule has 2 unspecified atom stereocenters. The lowest BCUT2D eigenvalue weighted by Gasteiger charge is -2.02. The van der Waals surface area contributed by atoms with Crippen molar-refractivity contribution in [2.45, 2.75) is 20.0 Å². The lowest BCUT2D eigenvalue weighted by atomic mass is 10.3. The fourth-order valence-electron chi connectivity index (χ4n) is 0.191. The third-order valence-electron chi connectivity index (χ3n) is 0.799. The van der Waals surface area contributed by atoms with E-state index in [0.29, 0.717) is 0 Å². The number of carbonyl (C=O) groups is 1. The maximum atomic E-state index is 10.3. The van der Waals surface area contributed by atoms with E-state index in [9.17, 15) is 9.00 Å². The average Bonchev–Trinajstić information content (AvgIpc) is 1.63. The predicted molar refractivity (Wildman–Crippen MR) is 32.0 cm³/mol. The molecule has 0 aliphatic carbocycles. The van der Waals surface area contributed by atoms with Gasteiger partial charge in [0.2, 0.25) is 0 Å². The monoisotopic (exact) mass is 152 g/mol. The molecule has 0 fully saturated rings. The van der Waals surface area contributed by atoms with Gasteiger partial charge in [0.05, 0.1) is 0 Å². The van der Waals surface area contributed by atoms with E-state index >= 15 is 0 Å². The maximum absolute atomic E-state index is 10.3. The highest BCUT2D eigenvalue weighted by Crippen LogP contribution is 1.92. The van der Waals surface area contributed by atoms with E-state index in [1.54, 1.807) is 0 Å². The van der Waals surface area contributed by atoms with Gasteiger partial charge in [0, 0.05) is 0 Å². The van der Waals surface area contributed by atoms with Crippen LogP contribution in [-0.4, -0.2) is 20.6 Å². The van der Waals surface area contributed by atoms with Crippen molar-refractivity contribution in [3.8, 4) is 0 Å². The molecule has 2 atom stereocenters. The summed E-state index contributed by atoms with van der Waals surface area (Å²) in [5.41, 5.74) is 0. The fraction of sp³-hybridized carbons (Fsp3) is 0.750. The van der Waals surface area contributed by atoms with E-state index in [2.05, 4.69) is 4.18 Å². The molecule has 0 aliphatic heterocycles. The van der Waals surface area contributed by atoms with Crippen LogP contribution in [0.1, 0.15) is 13.8 Å². The lowest BCUT2D eigenvalue weighted by molar-refractivity contribution is -0.122. The van der Waals surface area contributed by atoms with Gasteiger partial charge in [-0.3, -0.25) is 13.5 Å². The smallest absolute Gasteiger partial charge is 0.297 e. The Labute approximate surface area is 55.7 Å². The van der Waals surface area contributed by atoms with Gasteiger partial charge in [-0.1, -0.05) is 0 Å². The largest absolute Gasteiger partial charge is 0.302 e. The Morgan fingerprint density at radius 3 is 2.33 bits per heavy atom. The quantitative estimate of drug-likeness (QED) is 0.583. The molecular weight excluding hydrogens is 144 g/mol. The second kappa shape index (κ2) is 3.71. The molecule has 0 radical (unpaired) electrons. The Balaban J connectivity index is 3.63. The summed E-state index contributed by atoms with van der Waals surface area (Å²) in [6, 6.07) is 0. The molecule has 0 spiro atoms. The third kappa shape index (κ3) is 4.26. The number of hydrogen-bond acceptors (Lipinski definition) is 3. The normalized spacial score (nSPS) is 16.8. The molecule has 0 amide bonds. The van der Waals surface area contributed by atoms with Gasteiger partial charge in [-0.15, -0.1) is 0 Å². The van der Waals surface area contributed by atoms with Crippen molar-refractivity contribution in [3.05, 3.63) is 0 Å². The summed E-state index contributed by atoms with van der Waals surface area (Å²) < 4.78 is 22.1. The third-order valence-corrected chi connectivity index (χ3v) is 1.25. The zero-order chi connectivity index (χ0) is 7.44. The second-order valence-electron chi connectivity index (χ2n) is 1.57. The molecule has 0 saturated heterocycles. The molecule has 0 saturated carbocycles.